The summed E-state index contributed by atoms with van der Waals surface area (Å²) < 4.78 is 10.3. The second kappa shape index (κ2) is 7.69. The van der Waals surface area contributed by atoms with Crippen LogP contribution in [0.4, 0.5) is 0 Å². The second-order valence-electron chi connectivity index (χ2n) is 5.76. The summed E-state index contributed by atoms with van der Waals surface area (Å²) in [6.45, 7) is 0.887. The van der Waals surface area contributed by atoms with E-state index in [9.17, 15) is 9.59 Å². The van der Waals surface area contributed by atoms with E-state index in [4.69, 9.17) is 19.7 Å². The van der Waals surface area contributed by atoms with E-state index in [0.29, 0.717) is 17.3 Å². The number of aliphatic carboxylic acids is 2. The van der Waals surface area contributed by atoms with Gasteiger partial charge in [0.15, 0.2) is 19.0 Å². The SMILES string of the molecule is Cc1cc(OCC(=O)O)nc(-c2ccc3cc(OCC(=O)O)ccc3c2)n1. The van der Waals surface area contributed by atoms with Gasteiger partial charge in [-0.25, -0.2) is 14.6 Å². The fourth-order valence-corrected chi connectivity index (χ4v) is 2.48. The summed E-state index contributed by atoms with van der Waals surface area (Å²) in [6.07, 6.45) is 0. The minimum atomic E-state index is -1.08. The molecule has 138 valence electrons. The molecule has 2 aromatic carbocycles. The van der Waals surface area contributed by atoms with Crippen molar-refractivity contribution in [1.82, 2.24) is 9.97 Å². The highest BCUT2D eigenvalue weighted by molar-refractivity contribution is 5.87. The molecule has 0 fully saturated rings. The summed E-state index contributed by atoms with van der Waals surface area (Å²) in [5.74, 6) is -1.04. The van der Waals surface area contributed by atoms with Crippen LogP contribution in [0.15, 0.2) is 42.5 Å². The number of nitrogens with zero attached hydrogens (tertiary/aromatic N) is 2. The van der Waals surface area contributed by atoms with Crippen molar-refractivity contribution in [2.75, 3.05) is 13.2 Å². The molecule has 2 N–H and O–H groups in total. The fourth-order valence-electron chi connectivity index (χ4n) is 2.48. The van der Waals surface area contributed by atoms with Crippen molar-refractivity contribution < 1.29 is 29.3 Å². The van der Waals surface area contributed by atoms with Crippen molar-refractivity contribution in [3.8, 4) is 23.0 Å². The number of carboxylic acids is 2. The third-order valence-corrected chi connectivity index (χ3v) is 3.61. The number of ether oxygens (including phenoxy) is 2. The predicted molar refractivity (Wildman–Crippen MR) is 96.0 cm³/mol. The third kappa shape index (κ3) is 4.69. The van der Waals surface area contributed by atoms with Crippen LogP contribution in [0.3, 0.4) is 0 Å². The van der Waals surface area contributed by atoms with Gasteiger partial charge in [-0.3, -0.25) is 0 Å². The lowest BCUT2D eigenvalue weighted by Gasteiger charge is -2.08. The molecular weight excluding hydrogens is 352 g/mol. The fraction of sp³-hybridized carbons (Fsp3) is 0.158. The number of fused-ring (bicyclic) bond motifs is 1. The summed E-state index contributed by atoms with van der Waals surface area (Å²) in [4.78, 5) is 29.9. The molecule has 0 amide bonds. The Morgan fingerprint density at radius 1 is 0.889 bits per heavy atom. The maximum atomic E-state index is 10.7. The number of carbonyl (C=O) groups is 2. The molecule has 8 heteroatoms. The van der Waals surface area contributed by atoms with Gasteiger partial charge in [-0.15, -0.1) is 0 Å². The lowest BCUT2D eigenvalue weighted by Crippen LogP contribution is -2.11. The maximum absolute atomic E-state index is 10.7. The van der Waals surface area contributed by atoms with E-state index in [0.717, 1.165) is 16.3 Å². The third-order valence-electron chi connectivity index (χ3n) is 3.61. The molecule has 3 aromatic rings. The highest BCUT2D eigenvalue weighted by Gasteiger charge is 2.09. The number of aryl methyl sites for hydroxylation is 1. The van der Waals surface area contributed by atoms with Gasteiger partial charge in [-0.1, -0.05) is 18.2 Å². The Morgan fingerprint density at radius 2 is 1.56 bits per heavy atom. The van der Waals surface area contributed by atoms with Gasteiger partial charge in [0.1, 0.15) is 5.75 Å². The first-order valence-corrected chi connectivity index (χ1v) is 8.00. The van der Waals surface area contributed by atoms with Crippen LogP contribution < -0.4 is 9.47 Å². The molecule has 0 aliphatic heterocycles. The summed E-state index contributed by atoms with van der Waals surface area (Å²) in [5, 5.41) is 19.2. The van der Waals surface area contributed by atoms with Crippen LogP contribution in [0.5, 0.6) is 11.6 Å². The lowest BCUT2D eigenvalue weighted by molar-refractivity contribution is -0.140. The topological polar surface area (TPSA) is 119 Å². The van der Waals surface area contributed by atoms with Crippen LogP contribution in [-0.4, -0.2) is 45.3 Å². The van der Waals surface area contributed by atoms with Crippen LogP contribution in [0.25, 0.3) is 22.2 Å². The minimum Gasteiger partial charge on any atom is -0.482 e. The van der Waals surface area contributed by atoms with E-state index >= 15 is 0 Å². The van der Waals surface area contributed by atoms with Crippen molar-refractivity contribution in [3.63, 3.8) is 0 Å². The van der Waals surface area contributed by atoms with Crippen LogP contribution in [0.1, 0.15) is 5.69 Å². The maximum Gasteiger partial charge on any atom is 0.341 e. The molecule has 1 aromatic heterocycles. The number of hydrogen-bond acceptors (Lipinski definition) is 6. The Kier molecular flexibility index (Phi) is 5.16. The van der Waals surface area contributed by atoms with Crippen LogP contribution in [0.2, 0.25) is 0 Å². The molecule has 0 spiro atoms. The summed E-state index contributed by atoms with van der Waals surface area (Å²) in [5.41, 5.74) is 1.39. The molecule has 8 nitrogen and oxygen atoms in total. The van der Waals surface area contributed by atoms with Crippen LogP contribution in [-0.2, 0) is 9.59 Å². The lowest BCUT2D eigenvalue weighted by atomic mass is 10.1. The largest absolute Gasteiger partial charge is 0.482 e. The van der Waals surface area contributed by atoms with Gasteiger partial charge in [-0.05, 0) is 35.9 Å². The van der Waals surface area contributed by atoms with E-state index in [1.54, 1.807) is 25.1 Å². The second-order valence-corrected chi connectivity index (χ2v) is 5.76. The molecule has 0 unspecified atom stereocenters. The van der Waals surface area contributed by atoms with Gasteiger partial charge in [0.05, 0.1) is 0 Å². The Morgan fingerprint density at radius 3 is 2.30 bits per heavy atom. The predicted octanol–water partition coefficient (Wildman–Crippen LogP) is 2.53. The average Bonchev–Trinajstić information content (AvgIpc) is 2.63. The summed E-state index contributed by atoms with van der Waals surface area (Å²) in [6, 6.07) is 12.4. The number of benzene rings is 2. The first kappa shape index (κ1) is 18.1. The van der Waals surface area contributed by atoms with E-state index in [1.807, 2.05) is 24.3 Å². The van der Waals surface area contributed by atoms with E-state index < -0.39 is 25.2 Å². The number of rotatable bonds is 7. The Labute approximate surface area is 154 Å². The van der Waals surface area contributed by atoms with Gasteiger partial charge in [-0.2, -0.15) is 4.98 Å². The van der Waals surface area contributed by atoms with Crippen molar-refractivity contribution in [2.24, 2.45) is 0 Å². The Bertz CT molecular complexity index is 1020. The normalized spacial score (nSPS) is 10.6. The standard InChI is InChI=1S/C19H16N2O6/c1-11-6-16(27-10-18(24)25)21-19(20-11)14-3-2-13-8-15(26-9-17(22)23)5-4-12(13)7-14/h2-8H,9-10H2,1H3,(H,22,23)(H,24,25). The first-order chi connectivity index (χ1) is 12.9. The van der Waals surface area contributed by atoms with Gasteiger partial charge in [0.2, 0.25) is 5.88 Å². The molecule has 0 saturated carbocycles. The Balaban J connectivity index is 1.89. The molecule has 0 aliphatic carbocycles. The van der Waals surface area contributed by atoms with Gasteiger partial charge < -0.3 is 19.7 Å². The monoisotopic (exact) mass is 368 g/mol. The molecule has 0 bridgehead atoms. The molecule has 27 heavy (non-hydrogen) atoms. The van der Waals surface area contributed by atoms with Crippen LogP contribution in [0, 0.1) is 6.92 Å². The quantitative estimate of drug-likeness (QED) is 0.653. The average molecular weight is 368 g/mol. The van der Waals surface area contributed by atoms with E-state index in [2.05, 4.69) is 9.97 Å². The zero-order valence-corrected chi connectivity index (χ0v) is 14.4. The highest BCUT2D eigenvalue weighted by Crippen LogP contribution is 2.26. The summed E-state index contributed by atoms with van der Waals surface area (Å²) >= 11 is 0. The van der Waals surface area contributed by atoms with Crippen molar-refractivity contribution in [3.05, 3.63) is 48.2 Å². The number of aromatic nitrogens is 2. The molecule has 0 aliphatic rings. The molecule has 0 radical (unpaired) electrons. The zero-order chi connectivity index (χ0) is 19.4. The smallest absolute Gasteiger partial charge is 0.341 e. The van der Waals surface area contributed by atoms with Crippen LogP contribution >= 0.6 is 0 Å². The molecule has 3 rings (SSSR count). The first-order valence-electron chi connectivity index (χ1n) is 8.00. The molecule has 0 saturated heterocycles. The van der Waals surface area contributed by atoms with Gasteiger partial charge >= 0.3 is 11.9 Å². The minimum absolute atomic E-state index is 0.192. The molecular formula is C19H16N2O6. The summed E-state index contributed by atoms with van der Waals surface area (Å²) in [7, 11) is 0. The number of carboxylic acid groups (broad SMARTS) is 2. The molecule has 1 heterocycles. The van der Waals surface area contributed by atoms with Crippen molar-refractivity contribution in [2.45, 2.75) is 6.92 Å². The van der Waals surface area contributed by atoms with Gasteiger partial charge in [0, 0.05) is 17.3 Å². The Hall–Kier alpha value is -3.68. The molecule has 0 atom stereocenters. The van der Waals surface area contributed by atoms with Crippen molar-refractivity contribution >= 4 is 22.7 Å². The zero-order valence-electron chi connectivity index (χ0n) is 14.4. The van der Waals surface area contributed by atoms with Crippen molar-refractivity contribution in [1.29, 1.82) is 0 Å². The number of hydrogen-bond donors (Lipinski definition) is 2. The highest BCUT2D eigenvalue weighted by atomic mass is 16.5. The van der Waals surface area contributed by atoms with Gasteiger partial charge in [0.25, 0.3) is 0 Å². The van der Waals surface area contributed by atoms with E-state index in [-0.39, 0.29) is 5.88 Å². The van der Waals surface area contributed by atoms with E-state index in [1.165, 1.54) is 0 Å².